The van der Waals surface area contributed by atoms with Crippen LogP contribution in [-0.2, 0) is 26.2 Å². The Bertz CT molecular complexity index is 1160. The number of halogens is 2. The van der Waals surface area contributed by atoms with Gasteiger partial charge in [0.15, 0.2) is 0 Å². The average Bonchev–Trinajstić information content (AvgIpc) is 2.73. The van der Waals surface area contributed by atoms with Crippen LogP contribution in [0.5, 0.6) is 0 Å². The van der Waals surface area contributed by atoms with Crippen LogP contribution >= 0.6 is 11.6 Å². The zero-order valence-electron chi connectivity index (χ0n) is 20.9. The van der Waals surface area contributed by atoms with E-state index >= 15 is 0 Å². The monoisotopic (exact) mass is 525 g/mol. The van der Waals surface area contributed by atoms with Crippen LogP contribution in [-0.4, -0.2) is 49.5 Å². The van der Waals surface area contributed by atoms with Gasteiger partial charge in [-0.3, -0.25) is 13.9 Å². The molecular weight excluding hydrogens is 493 g/mol. The summed E-state index contributed by atoms with van der Waals surface area (Å²) in [6.45, 7) is 8.78. The first-order valence-electron chi connectivity index (χ1n) is 11.2. The minimum Gasteiger partial charge on any atom is -0.350 e. The molecule has 0 radical (unpaired) electrons. The van der Waals surface area contributed by atoms with E-state index in [0.717, 1.165) is 33.8 Å². The lowest BCUT2D eigenvalue weighted by Gasteiger charge is -2.34. The molecule has 35 heavy (non-hydrogen) atoms. The van der Waals surface area contributed by atoms with Crippen molar-refractivity contribution in [1.29, 1.82) is 0 Å². The zero-order valence-corrected chi connectivity index (χ0v) is 22.5. The molecule has 0 aromatic heterocycles. The fourth-order valence-corrected chi connectivity index (χ4v) is 4.53. The number of aryl methyl sites for hydroxylation is 1. The van der Waals surface area contributed by atoms with Crippen molar-refractivity contribution in [3.8, 4) is 0 Å². The number of carbonyl (C=O) groups is 2. The SMILES string of the molecule is CC[C@@H](C(=O)NC(C)(C)C)N(Cc1ccc(C)cc1)C(=O)CN(c1ccc(F)c(Cl)c1)S(C)(=O)=O. The van der Waals surface area contributed by atoms with Gasteiger partial charge in [0, 0.05) is 12.1 Å². The summed E-state index contributed by atoms with van der Waals surface area (Å²) in [5.41, 5.74) is 1.37. The van der Waals surface area contributed by atoms with Crippen molar-refractivity contribution < 1.29 is 22.4 Å². The predicted octanol–water partition coefficient (Wildman–Crippen LogP) is 4.28. The largest absolute Gasteiger partial charge is 0.350 e. The molecule has 1 atom stereocenters. The third kappa shape index (κ3) is 8.21. The Balaban J connectivity index is 2.47. The van der Waals surface area contributed by atoms with Crippen molar-refractivity contribution in [2.45, 2.75) is 59.2 Å². The molecule has 0 fully saturated rings. The lowest BCUT2D eigenvalue weighted by molar-refractivity contribution is -0.141. The molecule has 0 saturated carbocycles. The summed E-state index contributed by atoms with van der Waals surface area (Å²) in [5.74, 6) is -1.62. The van der Waals surface area contributed by atoms with Gasteiger partial charge in [0.25, 0.3) is 0 Å². The van der Waals surface area contributed by atoms with Crippen LogP contribution in [0.1, 0.15) is 45.2 Å². The number of sulfonamides is 1. The second kappa shape index (κ2) is 11.4. The molecule has 2 amide bonds. The van der Waals surface area contributed by atoms with Crippen LogP contribution in [0, 0.1) is 12.7 Å². The highest BCUT2D eigenvalue weighted by Gasteiger charge is 2.33. The summed E-state index contributed by atoms with van der Waals surface area (Å²) in [6.07, 6.45) is 1.27. The highest BCUT2D eigenvalue weighted by Crippen LogP contribution is 2.25. The number of benzene rings is 2. The van der Waals surface area contributed by atoms with Crippen molar-refractivity contribution in [3.05, 3.63) is 64.4 Å². The van der Waals surface area contributed by atoms with E-state index in [0.29, 0.717) is 6.42 Å². The molecule has 0 bridgehead atoms. The molecule has 2 aromatic carbocycles. The number of hydrogen-bond donors (Lipinski definition) is 1. The summed E-state index contributed by atoms with van der Waals surface area (Å²) in [5, 5.41) is 2.64. The first-order chi connectivity index (χ1) is 16.1. The standard InChI is InChI=1S/C25H33ClFN3O4S/c1-7-22(24(32)28-25(3,4)5)29(15-18-10-8-17(2)9-11-18)23(31)16-30(35(6,33)34)19-12-13-21(27)20(26)14-19/h8-14,22H,7,15-16H2,1-6H3,(H,28,32)/t22-/m0/s1. The molecule has 2 rings (SSSR count). The predicted molar refractivity (Wildman–Crippen MR) is 137 cm³/mol. The number of anilines is 1. The van der Waals surface area contributed by atoms with E-state index < -0.39 is 39.9 Å². The summed E-state index contributed by atoms with van der Waals surface area (Å²) in [7, 11) is -3.93. The molecule has 1 N–H and O–H groups in total. The Morgan fingerprint density at radius 1 is 1.11 bits per heavy atom. The molecule has 10 heteroatoms. The summed E-state index contributed by atoms with van der Waals surface area (Å²) < 4.78 is 39.7. The van der Waals surface area contributed by atoms with E-state index in [1.54, 1.807) is 6.92 Å². The molecular formula is C25H33ClFN3O4S. The normalized spacial score (nSPS) is 12.7. The van der Waals surface area contributed by atoms with Gasteiger partial charge in [-0.1, -0.05) is 48.4 Å². The van der Waals surface area contributed by atoms with Crippen LogP contribution < -0.4 is 9.62 Å². The van der Waals surface area contributed by atoms with Crippen molar-refractivity contribution in [2.24, 2.45) is 0 Å². The minimum absolute atomic E-state index is 0.0507. The Morgan fingerprint density at radius 2 is 1.71 bits per heavy atom. The molecule has 192 valence electrons. The first kappa shape index (κ1) is 28.6. The second-order valence-electron chi connectivity index (χ2n) is 9.54. The molecule has 0 aliphatic carbocycles. The van der Waals surface area contributed by atoms with Gasteiger partial charge in [0.2, 0.25) is 21.8 Å². The van der Waals surface area contributed by atoms with Crippen LogP contribution in [0.3, 0.4) is 0 Å². The highest BCUT2D eigenvalue weighted by atomic mass is 35.5. The Labute approximate surface area is 212 Å². The van der Waals surface area contributed by atoms with Gasteiger partial charge in [-0.05, 0) is 57.9 Å². The van der Waals surface area contributed by atoms with Crippen molar-refractivity contribution in [1.82, 2.24) is 10.2 Å². The molecule has 0 aliphatic heterocycles. The summed E-state index contributed by atoms with van der Waals surface area (Å²) in [4.78, 5) is 28.1. The van der Waals surface area contributed by atoms with Crippen LogP contribution in [0.15, 0.2) is 42.5 Å². The molecule has 2 aromatic rings. The molecule has 0 heterocycles. The zero-order chi connectivity index (χ0) is 26.6. The van der Waals surface area contributed by atoms with Gasteiger partial charge in [0.05, 0.1) is 17.0 Å². The van der Waals surface area contributed by atoms with E-state index in [1.165, 1.54) is 11.0 Å². The van der Waals surface area contributed by atoms with Crippen molar-refractivity contribution in [3.63, 3.8) is 0 Å². The second-order valence-corrected chi connectivity index (χ2v) is 11.9. The van der Waals surface area contributed by atoms with Crippen LogP contribution in [0.25, 0.3) is 0 Å². The lowest BCUT2D eigenvalue weighted by atomic mass is 10.1. The van der Waals surface area contributed by atoms with E-state index in [2.05, 4.69) is 5.32 Å². The smallest absolute Gasteiger partial charge is 0.244 e. The van der Waals surface area contributed by atoms with Gasteiger partial charge < -0.3 is 10.2 Å². The van der Waals surface area contributed by atoms with Gasteiger partial charge in [-0.25, -0.2) is 12.8 Å². The average molecular weight is 526 g/mol. The minimum atomic E-state index is -3.93. The van der Waals surface area contributed by atoms with Crippen LogP contribution in [0.2, 0.25) is 5.02 Å². The fourth-order valence-electron chi connectivity index (χ4n) is 3.52. The highest BCUT2D eigenvalue weighted by molar-refractivity contribution is 7.92. The summed E-state index contributed by atoms with van der Waals surface area (Å²) in [6, 6.07) is 10.1. The lowest BCUT2D eigenvalue weighted by Crippen LogP contribution is -2.55. The Hall–Kier alpha value is -2.65. The first-order valence-corrected chi connectivity index (χ1v) is 13.4. The van der Waals surface area contributed by atoms with Gasteiger partial charge in [-0.2, -0.15) is 0 Å². The molecule has 7 nitrogen and oxygen atoms in total. The maximum atomic E-state index is 13.7. The fraction of sp³-hybridized carbons (Fsp3) is 0.440. The number of carbonyl (C=O) groups excluding carboxylic acids is 2. The van der Waals surface area contributed by atoms with E-state index in [-0.39, 0.29) is 23.2 Å². The number of amides is 2. The molecule has 0 unspecified atom stereocenters. The molecule has 0 spiro atoms. The quantitative estimate of drug-likeness (QED) is 0.529. The van der Waals surface area contributed by atoms with E-state index in [9.17, 15) is 22.4 Å². The summed E-state index contributed by atoms with van der Waals surface area (Å²) >= 11 is 5.86. The topological polar surface area (TPSA) is 86.8 Å². The molecule has 0 aliphatic rings. The van der Waals surface area contributed by atoms with Gasteiger partial charge >= 0.3 is 0 Å². The third-order valence-electron chi connectivity index (χ3n) is 5.23. The molecule has 0 saturated heterocycles. The third-order valence-corrected chi connectivity index (χ3v) is 6.66. The Kier molecular flexibility index (Phi) is 9.30. The van der Waals surface area contributed by atoms with Gasteiger partial charge in [0.1, 0.15) is 18.4 Å². The van der Waals surface area contributed by atoms with Gasteiger partial charge in [-0.15, -0.1) is 0 Å². The van der Waals surface area contributed by atoms with E-state index in [4.69, 9.17) is 11.6 Å². The van der Waals surface area contributed by atoms with Crippen LogP contribution in [0.4, 0.5) is 10.1 Å². The number of hydrogen-bond acceptors (Lipinski definition) is 4. The maximum Gasteiger partial charge on any atom is 0.244 e. The van der Waals surface area contributed by atoms with E-state index in [1.807, 2.05) is 52.0 Å². The van der Waals surface area contributed by atoms with Crippen molar-refractivity contribution >= 4 is 39.1 Å². The van der Waals surface area contributed by atoms with Crippen molar-refractivity contribution in [2.75, 3.05) is 17.1 Å². The number of nitrogens with one attached hydrogen (secondary N) is 1. The Morgan fingerprint density at radius 3 is 2.20 bits per heavy atom. The number of rotatable bonds is 9. The number of nitrogens with zero attached hydrogens (tertiary/aromatic N) is 2. The maximum absolute atomic E-state index is 13.7.